The van der Waals surface area contributed by atoms with Crippen LogP contribution in [0.2, 0.25) is 0 Å². The van der Waals surface area contributed by atoms with Gasteiger partial charge in [0.15, 0.2) is 6.10 Å². The van der Waals surface area contributed by atoms with Gasteiger partial charge in [0.2, 0.25) is 0 Å². The summed E-state index contributed by atoms with van der Waals surface area (Å²) in [7, 11) is 0. The average Bonchev–Trinajstić information content (AvgIpc) is 3.25. The average molecular weight is 835 g/mol. The molecule has 0 spiro atoms. The lowest BCUT2D eigenvalue weighted by Crippen LogP contribution is -2.30. The van der Waals surface area contributed by atoms with E-state index in [-0.39, 0.29) is 25.2 Å². The van der Waals surface area contributed by atoms with Crippen LogP contribution >= 0.6 is 0 Å². The highest BCUT2D eigenvalue weighted by Gasteiger charge is 2.17. The largest absolute Gasteiger partial charge is 0.462 e. The van der Waals surface area contributed by atoms with Gasteiger partial charge in [-0.15, -0.1) is 0 Å². The molecule has 0 aromatic rings. The Morgan fingerprint density at radius 1 is 0.383 bits per heavy atom. The number of esters is 2. The van der Waals surface area contributed by atoms with E-state index in [1.807, 2.05) is 0 Å². The van der Waals surface area contributed by atoms with E-state index < -0.39 is 6.10 Å². The zero-order valence-electron chi connectivity index (χ0n) is 39.5. The van der Waals surface area contributed by atoms with Crippen molar-refractivity contribution < 1.29 is 23.8 Å². The molecule has 5 heteroatoms. The zero-order valence-corrected chi connectivity index (χ0v) is 39.5. The first-order valence-corrected chi connectivity index (χ1v) is 25.1. The van der Waals surface area contributed by atoms with Crippen molar-refractivity contribution in [1.29, 1.82) is 0 Å². The molecule has 0 aliphatic heterocycles. The standard InChI is InChI=1S/C55H94O5/c1-4-7-10-13-16-19-22-25-27-28-29-31-33-36-39-42-45-48-54(56)59-52-53(51-58-50-47-44-41-38-35-32-26-23-20-17-14-11-8-5-2)60-55(57)49-46-43-40-37-34-30-24-21-18-15-12-9-6-3/h8-9,11-12,17-18,20-21,26,30,32,34,38,41,53H,4-7,10,13-16,19,22-25,27-29,31,33,35-37,39-40,42-52H2,1-3H3/b11-8-,12-9-,20-17-,21-18-,32-26-,34-30-,41-38-. The van der Waals surface area contributed by atoms with Crippen molar-refractivity contribution in [2.45, 2.75) is 232 Å². The molecule has 1 unspecified atom stereocenters. The quantitative estimate of drug-likeness (QED) is 0.0347. The Morgan fingerprint density at radius 3 is 1.20 bits per heavy atom. The maximum atomic E-state index is 12.8. The third kappa shape index (κ3) is 47.8. The van der Waals surface area contributed by atoms with E-state index in [9.17, 15) is 9.59 Å². The van der Waals surface area contributed by atoms with Crippen LogP contribution in [-0.2, 0) is 23.8 Å². The Labute approximate surface area is 371 Å². The second-order valence-electron chi connectivity index (χ2n) is 16.3. The molecule has 0 saturated heterocycles. The summed E-state index contributed by atoms with van der Waals surface area (Å²) in [6.45, 7) is 7.44. The molecule has 0 heterocycles. The van der Waals surface area contributed by atoms with Crippen molar-refractivity contribution in [2.24, 2.45) is 0 Å². The molecule has 0 aliphatic carbocycles. The highest BCUT2D eigenvalue weighted by atomic mass is 16.6. The van der Waals surface area contributed by atoms with Crippen LogP contribution in [0, 0.1) is 0 Å². The lowest BCUT2D eigenvalue weighted by molar-refractivity contribution is -0.163. The van der Waals surface area contributed by atoms with Crippen molar-refractivity contribution in [1.82, 2.24) is 0 Å². The fourth-order valence-electron chi connectivity index (χ4n) is 6.76. The number of unbranched alkanes of at least 4 members (excludes halogenated alkanes) is 20. The second-order valence-corrected chi connectivity index (χ2v) is 16.3. The SMILES string of the molecule is CC/C=C\C/C=C\C/C=C\C/C=C\CCCOCC(COC(=O)CCCCCCCCCCCCCCCCCCC)OC(=O)CCCCC/C=C\C/C=C\C/C=C\CC. The Balaban J connectivity index is 4.35. The highest BCUT2D eigenvalue weighted by molar-refractivity contribution is 5.70. The third-order valence-electron chi connectivity index (χ3n) is 10.4. The van der Waals surface area contributed by atoms with Gasteiger partial charge in [0, 0.05) is 19.4 Å². The van der Waals surface area contributed by atoms with Gasteiger partial charge in [-0.1, -0.05) is 215 Å². The van der Waals surface area contributed by atoms with Gasteiger partial charge in [0.25, 0.3) is 0 Å². The molecule has 0 aliphatic rings. The Bertz CT molecular complexity index is 1130. The summed E-state index contributed by atoms with van der Waals surface area (Å²) in [6, 6.07) is 0. The molecule has 0 saturated carbocycles. The first-order valence-electron chi connectivity index (χ1n) is 25.1. The summed E-state index contributed by atoms with van der Waals surface area (Å²) in [6.07, 6.45) is 66.1. The van der Waals surface area contributed by atoms with Gasteiger partial charge in [0.05, 0.1) is 6.61 Å². The minimum Gasteiger partial charge on any atom is -0.462 e. The molecular weight excluding hydrogens is 741 g/mol. The van der Waals surface area contributed by atoms with Crippen molar-refractivity contribution in [3.63, 3.8) is 0 Å². The van der Waals surface area contributed by atoms with E-state index in [4.69, 9.17) is 14.2 Å². The Hall–Kier alpha value is -2.92. The summed E-state index contributed by atoms with van der Waals surface area (Å²) < 4.78 is 17.3. The molecular formula is C55H94O5. The van der Waals surface area contributed by atoms with E-state index in [1.54, 1.807) is 0 Å². The summed E-state index contributed by atoms with van der Waals surface area (Å²) in [4.78, 5) is 25.3. The normalized spacial score (nSPS) is 12.9. The molecule has 1 atom stereocenters. The van der Waals surface area contributed by atoms with E-state index in [2.05, 4.69) is 106 Å². The molecule has 0 aromatic carbocycles. The molecule has 0 bridgehead atoms. The van der Waals surface area contributed by atoms with E-state index in [0.29, 0.717) is 19.4 Å². The number of ether oxygens (including phenoxy) is 3. The molecule has 5 nitrogen and oxygen atoms in total. The van der Waals surface area contributed by atoms with Crippen molar-refractivity contribution in [3.8, 4) is 0 Å². The Kier molecular flexibility index (Phi) is 48.0. The number of carbonyl (C=O) groups excluding carboxylic acids is 2. The van der Waals surface area contributed by atoms with Crippen LogP contribution in [0.3, 0.4) is 0 Å². The molecule has 0 fully saturated rings. The zero-order chi connectivity index (χ0) is 43.5. The maximum Gasteiger partial charge on any atom is 0.306 e. The molecule has 0 amide bonds. The number of carbonyl (C=O) groups is 2. The molecule has 0 N–H and O–H groups in total. The minimum atomic E-state index is -0.581. The lowest BCUT2D eigenvalue weighted by Gasteiger charge is -2.18. The molecule has 344 valence electrons. The lowest BCUT2D eigenvalue weighted by atomic mass is 10.0. The Morgan fingerprint density at radius 2 is 0.750 bits per heavy atom. The molecule has 60 heavy (non-hydrogen) atoms. The van der Waals surface area contributed by atoms with E-state index in [1.165, 1.54) is 96.3 Å². The molecule has 0 radical (unpaired) electrons. The van der Waals surface area contributed by atoms with Crippen LogP contribution in [0.4, 0.5) is 0 Å². The van der Waals surface area contributed by atoms with Gasteiger partial charge in [-0.2, -0.15) is 0 Å². The summed E-state index contributed by atoms with van der Waals surface area (Å²) in [5.41, 5.74) is 0. The number of allylic oxidation sites excluding steroid dienone is 14. The van der Waals surface area contributed by atoms with Crippen LogP contribution in [0.15, 0.2) is 85.1 Å². The van der Waals surface area contributed by atoms with Gasteiger partial charge in [-0.3, -0.25) is 9.59 Å². The smallest absolute Gasteiger partial charge is 0.306 e. The van der Waals surface area contributed by atoms with Gasteiger partial charge in [0.1, 0.15) is 6.61 Å². The van der Waals surface area contributed by atoms with Crippen LogP contribution in [-0.4, -0.2) is 37.9 Å². The van der Waals surface area contributed by atoms with Gasteiger partial charge < -0.3 is 14.2 Å². The van der Waals surface area contributed by atoms with Crippen LogP contribution in [0.25, 0.3) is 0 Å². The van der Waals surface area contributed by atoms with Gasteiger partial charge >= 0.3 is 11.9 Å². The first kappa shape index (κ1) is 57.1. The predicted molar refractivity (Wildman–Crippen MR) is 260 cm³/mol. The van der Waals surface area contributed by atoms with Crippen molar-refractivity contribution in [3.05, 3.63) is 85.1 Å². The maximum absolute atomic E-state index is 12.8. The molecule has 0 aromatic heterocycles. The summed E-state index contributed by atoms with van der Waals surface area (Å²) in [5.74, 6) is -0.460. The van der Waals surface area contributed by atoms with Crippen LogP contribution in [0.5, 0.6) is 0 Å². The second kappa shape index (κ2) is 50.4. The topological polar surface area (TPSA) is 61.8 Å². The van der Waals surface area contributed by atoms with Crippen molar-refractivity contribution in [2.75, 3.05) is 19.8 Å². The minimum absolute atomic E-state index is 0.0501. The number of rotatable bonds is 45. The fourth-order valence-corrected chi connectivity index (χ4v) is 6.76. The van der Waals surface area contributed by atoms with Gasteiger partial charge in [-0.05, 0) is 83.5 Å². The van der Waals surface area contributed by atoms with Crippen LogP contribution in [0.1, 0.15) is 226 Å². The summed E-state index contributed by atoms with van der Waals surface area (Å²) in [5, 5.41) is 0. The summed E-state index contributed by atoms with van der Waals surface area (Å²) >= 11 is 0. The highest BCUT2D eigenvalue weighted by Crippen LogP contribution is 2.15. The number of hydrogen-bond acceptors (Lipinski definition) is 5. The van der Waals surface area contributed by atoms with Crippen molar-refractivity contribution >= 4 is 11.9 Å². The monoisotopic (exact) mass is 835 g/mol. The fraction of sp³-hybridized carbons (Fsp3) is 0.709. The van der Waals surface area contributed by atoms with E-state index in [0.717, 1.165) is 96.3 Å². The van der Waals surface area contributed by atoms with Crippen LogP contribution < -0.4 is 0 Å². The van der Waals surface area contributed by atoms with E-state index >= 15 is 0 Å². The third-order valence-corrected chi connectivity index (χ3v) is 10.4. The molecule has 0 rings (SSSR count). The van der Waals surface area contributed by atoms with Gasteiger partial charge in [-0.25, -0.2) is 0 Å². The first-order chi connectivity index (χ1) is 29.6. The predicted octanol–water partition coefficient (Wildman–Crippen LogP) is 16.9. The number of hydrogen-bond donors (Lipinski definition) is 0.